The molecule has 2 aromatic rings. The maximum absolute atomic E-state index is 14.0. The molecule has 2 fully saturated rings. The molecule has 32 heavy (non-hydrogen) atoms. The number of amides is 2. The molecule has 2 heterocycles. The Morgan fingerprint density at radius 3 is 2.41 bits per heavy atom. The highest BCUT2D eigenvalue weighted by atomic mass is 19.1. The molecule has 4 nitrogen and oxygen atoms in total. The zero-order chi connectivity index (χ0) is 22.2. The smallest absolute Gasteiger partial charge is 0.233 e. The van der Waals surface area contributed by atoms with Crippen LogP contribution in [0.3, 0.4) is 0 Å². The molecular weight excluding hydrogens is 403 g/mol. The van der Waals surface area contributed by atoms with Gasteiger partial charge in [0.05, 0.1) is 5.41 Å². The lowest BCUT2D eigenvalue weighted by molar-refractivity contribution is -0.141. The maximum Gasteiger partial charge on any atom is 0.233 e. The molecule has 5 heteroatoms. The highest BCUT2D eigenvalue weighted by molar-refractivity contribution is 5.89. The van der Waals surface area contributed by atoms with Crippen LogP contribution in [0.15, 0.2) is 66.7 Å². The molecule has 3 aliphatic rings. The van der Waals surface area contributed by atoms with Crippen molar-refractivity contribution in [3.05, 3.63) is 83.7 Å². The summed E-state index contributed by atoms with van der Waals surface area (Å²) in [6, 6.07) is 16.8. The van der Waals surface area contributed by atoms with Crippen molar-refractivity contribution in [2.45, 2.75) is 43.4 Å². The molecule has 2 aromatic carbocycles. The molecule has 0 unspecified atom stereocenters. The molecule has 2 aliphatic heterocycles. The van der Waals surface area contributed by atoms with E-state index in [0.717, 1.165) is 36.8 Å². The summed E-state index contributed by atoms with van der Waals surface area (Å²) in [6.45, 7) is 1.78. The summed E-state index contributed by atoms with van der Waals surface area (Å²) >= 11 is 0. The van der Waals surface area contributed by atoms with Gasteiger partial charge in [-0.3, -0.25) is 9.59 Å². The fourth-order valence-electron chi connectivity index (χ4n) is 6.06. The van der Waals surface area contributed by atoms with Crippen LogP contribution in [0.25, 0.3) is 0 Å². The van der Waals surface area contributed by atoms with E-state index in [-0.39, 0.29) is 29.0 Å². The van der Waals surface area contributed by atoms with E-state index >= 15 is 0 Å². The first kappa shape index (κ1) is 20.9. The lowest BCUT2D eigenvalue weighted by Gasteiger charge is -2.50. The van der Waals surface area contributed by atoms with Crippen LogP contribution in [0.2, 0.25) is 0 Å². The Hall–Kier alpha value is -2.95. The second-order valence-corrected chi connectivity index (χ2v) is 9.57. The molecule has 0 bridgehead atoms. The Kier molecular flexibility index (Phi) is 5.36. The quantitative estimate of drug-likeness (QED) is 0.734. The number of nitrogens with one attached hydrogen (secondary N) is 1. The van der Waals surface area contributed by atoms with Crippen molar-refractivity contribution < 1.29 is 14.0 Å². The fraction of sp³-hybridized carbons (Fsp3) is 0.407. The van der Waals surface area contributed by atoms with Crippen molar-refractivity contribution >= 4 is 11.8 Å². The number of rotatable bonds is 3. The van der Waals surface area contributed by atoms with Crippen molar-refractivity contribution in [3.63, 3.8) is 0 Å². The second kappa shape index (κ2) is 8.19. The van der Waals surface area contributed by atoms with E-state index in [1.165, 1.54) is 6.07 Å². The highest BCUT2D eigenvalue weighted by Crippen LogP contribution is 2.50. The average Bonchev–Trinajstić information content (AvgIpc) is 3.31. The van der Waals surface area contributed by atoms with Gasteiger partial charge in [0.15, 0.2) is 0 Å². The number of hydrogen-bond donors (Lipinski definition) is 1. The molecule has 0 aromatic heterocycles. The Morgan fingerprint density at radius 2 is 1.72 bits per heavy atom. The summed E-state index contributed by atoms with van der Waals surface area (Å²) < 4.78 is 14.0. The van der Waals surface area contributed by atoms with Gasteiger partial charge in [0, 0.05) is 32.0 Å². The molecule has 0 saturated carbocycles. The summed E-state index contributed by atoms with van der Waals surface area (Å²) in [7, 11) is 0. The van der Waals surface area contributed by atoms with Gasteiger partial charge in [0.2, 0.25) is 11.8 Å². The molecule has 1 aliphatic carbocycles. The minimum absolute atomic E-state index is 0.0539. The normalized spacial score (nSPS) is 23.8. The molecular formula is C27H29FN2O2. The highest BCUT2D eigenvalue weighted by Gasteiger charge is 2.49. The van der Waals surface area contributed by atoms with Gasteiger partial charge in [-0.1, -0.05) is 54.6 Å². The lowest BCUT2D eigenvalue weighted by Crippen LogP contribution is -2.55. The van der Waals surface area contributed by atoms with Crippen LogP contribution < -0.4 is 5.32 Å². The number of nitrogens with zero attached hydrogens (tertiary/aromatic N) is 1. The van der Waals surface area contributed by atoms with Crippen molar-refractivity contribution in [2.24, 2.45) is 5.41 Å². The van der Waals surface area contributed by atoms with Gasteiger partial charge in [-0.2, -0.15) is 0 Å². The Bertz CT molecular complexity index is 1030. The maximum atomic E-state index is 14.0. The SMILES string of the molecule is O=C1CC2(CCN(C(=O)C3(c4ccccc4)CC=CC3)CC2)[C@H](c2cccc(F)c2)CN1. The van der Waals surface area contributed by atoms with Gasteiger partial charge >= 0.3 is 0 Å². The summed E-state index contributed by atoms with van der Waals surface area (Å²) in [6.07, 6.45) is 7.63. The van der Waals surface area contributed by atoms with Crippen molar-refractivity contribution in [3.8, 4) is 0 Å². The largest absolute Gasteiger partial charge is 0.355 e. The van der Waals surface area contributed by atoms with Crippen molar-refractivity contribution in [2.75, 3.05) is 19.6 Å². The molecule has 5 rings (SSSR count). The zero-order valence-electron chi connectivity index (χ0n) is 18.2. The van der Waals surface area contributed by atoms with Crippen LogP contribution in [0.4, 0.5) is 4.39 Å². The van der Waals surface area contributed by atoms with Crippen LogP contribution in [0.1, 0.15) is 49.1 Å². The third kappa shape index (κ3) is 3.54. The lowest BCUT2D eigenvalue weighted by atomic mass is 9.62. The van der Waals surface area contributed by atoms with E-state index in [9.17, 15) is 14.0 Å². The van der Waals surface area contributed by atoms with Crippen molar-refractivity contribution in [1.29, 1.82) is 0 Å². The van der Waals surface area contributed by atoms with E-state index in [1.54, 1.807) is 12.1 Å². The van der Waals surface area contributed by atoms with Gasteiger partial charge in [-0.25, -0.2) is 4.39 Å². The van der Waals surface area contributed by atoms with Gasteiger partial charge in [-0.05, 0) is 54.4 Å². The Balaban J connectivity index is 1.38. The monoisotopic (exact) mass is 432 g/mol. The Morgan fingerprint density at radius 1 is 1.00 bits per heavy atom. The number of piperidine rings is 2. The molecule has 1 spiro atoms. The van der Waals surface area contributed by atoms with Crippen LogP contribution >= 0.6 is 0 Å². The molecule has 1 N–H and O–H groups in total. The zero-order valence-corrected chi connectivity index (χ0v) is 18.2. The number of likely N-dealkylation sites (tertiary alicyclic amines) is 1. The van der Waals surface area contributed by atoms with E-state index in [0.29, 0.717) is 26.1 Å². The van der Waals surface area contributed by atoms with Gasteiger partial charge in [0.1, 0.15) is 5.82 Å². The molecule has 166 valence electrons. The van der Waals surface area contributed by atoms with Gasteiger partial charge in [0.25, 0.3) is 0 Å². The van der Waals surface area contributed by atoms with Crippen molar-refractivity contribution in [1.82, 2.24) is 10.2 Å². The summed E-state index contributed by atoms with van der Waals surface area (Å²) in [4.78, 5) is 28.2. The predicted molar refractivity (Wildman–Crippen MR) is 122 cm³/mol. The van der Waals surface area contributed by atoms with E-state index in [4.69, 9.17) is 0 Å². The number of carbonyl (C=O) groups excluding carboxylic acids is 2. The van der Waals surface area contributed by atoms with E-state index in [1.807, 2.05) is 29.2 Å². The third-order valence-electron chi connectivity index (χ3n) is 7.89. The Labute approximate surface area is 188 Å². The summed E-state index contributed by atoms with van der Waals surface area (Å²) in [5, 5.41) is 2.98. The first-order valence-corrected chi connectivity index (χ1v) is 11.5. The van der Waals surface area contributed by atoms with Crippen LogP contribution in [0.5, 0.6) is 0 Å². The first-order chi connectivity index (χ1) is 15.5. The van der Waals surface area contributed by atoms with Crippen LogP contribution in [-0.2, 0) is 15.0 Å². The molecule has 2 amide bonds. The third-order valence-corrected chi connectivity index (χ3v) is 7.89. The average molecular weight is 433 g/mol. The molecule has 2 saturated heterocycles. The fourth-order valence-corrected chi connectivity index (χ4v) is 6.06. The number of halogens is 1. The number of hydrogen-bond acceptors (Lipinski definition) is 2. The standard InChI is InChI=1S/C27H29FN2O2/c28-22-10-6-7-20(17-22)23-19-29-24(31)18-26(23)13-15-30(16-14-26)25(32)27(11-4-5-12-27)21-8-2-1-3-9-21/h1-10,17,23H,11-16,18-19H2,(H,29,31)/t23-/m0/s1. The number of benzene rings is 2. The number of allylic oxidation sites excluding steroid dienone is 2. The summed E-state index contributed by atoms with van der Waals surface area (Å²) in [5.41, 5.74) is 1.26. The second-order valence-electron chi connectivity index (χ2n) is 9.57. The van der Waals surface area contributed by atoms with Gasteiger partial charge in [-0.15, -0.1) is 0 Å². The summed E-state index contributed by atoms with van der Waals surface area (Å²) in [5.74, 6) is 0.0503. The molecule has 0 radical (unpaired) electrons. The first-order valence-electron chi connectivity index (χ1n) is 11.5. The predicted octanol–water partition coefficient (Wildman–Crippen LogP) is 4.33. The minimum atomic E-state index is -0.516. The molecule has 1 atom stereocenters. The van der Waals surface area contributed by atoms with Gasteiger partial charge < -0.3 is 10.2 Å². The topological polar surface area (TPSA) is 49.4 Å². The van der Waals surface area contributed by atoms with E-state index in [2.05, 4.69) is 29.6 Å². The minimum Gasteiger partial charge on any atom is -0.355 e. The number of carbonyl (C=O) groups is 2. The van der Waals surface area contributed by atoms with E-state index < -0.39 is 5.41 Å². The van der Waals surface area contributed by atoms with Crippen LogP contribution in [-0.4, -0.2) is 36.3 Å². The van der Waals surface area contributed by atoms with Crippen LogP contribution in [0, 0.1) is 11.2 Å².